The Morgan fingerprint density at radius 2 is 2.00 bits per heavy atom. The van der Waals surface area contributed by atoms with Crippen LogP contribution in [0, 0.1) is 0 Å². The number of hydrogen-bond acceptors (Lipinski definition) is 4. The number of benzene rings is 1. The number of halogens is 2. The van der Waals surface area contributed by atoms with Gasteiger partial charge in [0, 0.05) is 31.7 Å². The Balaban J connectivity index is 0.00000121. The number of aromatic amines is 1. The third-order valence-corrected chi connectivity index (χ3v) is 5.14. The summed E-state index contributed by atoms with van der Waals surface area (Å²) >= 11 is 0. The number of likely N-dealkylation sites (tertiary alicyclic amines) is 1. The first-order valence-corrected chi connectivity index (χ1v) is 8.55. The van der Waals surface area contributed by atoms with Gasteiger partial charge in [-0.1, -0.05) is 12.1 Å². The van der Waals surface area contributed by atoms with Gasteiger partial charge in [-0.25, -0.2) is 4.98 Å². The van der Waals surface area contributed by atoms with Crippen molar-refractivity contribution in [2.45, 2.75) is 31.2 Å². The highest BCUT2D eigenvalue weighted by Crippen LogP contribution is 2.31. The first-order chi connectivity index (χ1) is 11.7. The minimum Gasteiger partial charge on any atom is -0.508 e. The molecule has 1 unspecified atom stereocenters. The van der Waals surface area contributed by atoms with Crippen molar-refractivity contribution in [1.29, 1.82) is 0 Å². The van der Waals surface area contributed by atoms with Gasteiger partial charge < -0.3 is 20.3 Å². The number of phenols is 1. The predicted molar refractivity (Wildman–Crippen MR) is 104 cm³/mol. The zero-order valence-electron chi connectivity index (χ0n) is 14.4. The summed E-state index contributed by atoms with van der Waals surface area (Å²) in [6, 6.07) is 7.14. The van der Waals surface area contributed by atoms with Crippen LogP contribution in [0.5, 0.6) is 5.75 Å². The average Bonchev–Trinajstić information content (AvgIpc) is 3.10. The maximum Gasteiger partial charge on any atom is 0.246 e. The molecule has 1 saturated heterocycles. The Morgan fingerprint density at radius 1 is 1.23 bits per heavy atom. The standard InChI is InChI=1S/C18H22N4O2.2ClH/c23-14-3-1-2-13(10-14)12-5-8-22(9-6-12)18(24)17-16-15(4-7-19-17)20-11-21-16;;/h1-3,10-12,17,19,23H,4-9H2,(H,20,21);2*1H. The van der Waals surface area contributed by atoms with Gasteiger partial charge in [-0.2, -0.15) is 0 Å². The molecule has 2 aliphatic heterocycles. The van der Waals surface area contributed by atoms with Crippen molar-refractivity contribution in [1.82, 2.24) is 20.2 Å². The third-order valence-electron chi connectivity index (χ3n) is 5.14. The fourth-order valence-corrected chi connectivity index (χ4v) is 3.82. The fraction of sp³-hybridized carbons (Fsp3) is 0.444. The molecule has 2 aliphatic rings. The molecule has 4 rings (SSSR count). The van der Waals surface area contributed by atoms with Crippen molar-refractivity contribution >= 4 is 30.7 Å². The monoisotopic (exact) mass is 398 g/mol. The molecule has 2 aromatic rings. The van der Waals surface area contributed by atoms with Gasteiger partial charge in [0.05, 0.1) is 12.0 Å². The van der Waals surface area contributed by atoms with Gasteiger partial charge in [-0.3, -0.25) is 4.79 Å². The van der Waals surface area contributed by atoms with Crippen LogP contribution >= 0.6 is 24.8 Å². The van der Waals surface area contributed by atoms with Gasteiger partial charge in [-0.15, -0.1) is 24.8 Å². The summed E-state index contributed by atoms with van der Waals surface area (Å²) in [5, 5.41) is 12.9. The first kappa shape index (κ1) is 20.6. The summed E-state index contributed by atoms with van der Waals surface area (Å²) in [5.74, 6) is 0.835. The molecule has 1 amide bonds. The highest BCUT2D eigenvalue weighted by atomic mass is 35.5. The number of phenolic OH excluding ortho intramolecular Hbond substituents is 1. The van der Waals surface area contributed by atoms with E-state index in [2.05, 4.69) is 21.4 Å². The van der Waals surface area contributed by atoms with Crippen molar-refractivity contribution in [3.05, 3.63) is 47.5 Å². The number of hydrogen-bond donors (Lipinski definition) is 3. The number of aromatic hydroxyl groups is 1. The number of nitrogens with one attached hydrogen (secondary N) is 2. The molecule has 1 atom stereocenters. The maximum absolute atomic E-state index is 12.9. The number of piperidine rings is 1. The summed E-state index contributed by atoms with van der Waals surface area (Å²) in [7, 11) is 0. The smallest absolute Gasteiger partial charge is 0.246 e. The van der Waals surface area contributed by atoms with E-state index in [1.54, 1.807) is 12.4 Å². The summed E-state index contributed by atoms with van der Waals surface area (Å²) in [6.07, 6.45) is 4.41. The van der Waals surface area contributed by atoms with Crippen molar-refractivity contribution in [2.24, 2.45) is 0 Å². The molecular formula is C18H24Cl2N4O2. The SMILES string of the molecule is Cl.Cl.O=C(C1NCCc2[nH]cnc21)N1CCC(c2cccc(O)c2)CC1. The van der Waals surface area contributed by atoms with E-state index < -0.39 is 0 Å². The van der Waals surface area contributed by atoms with Gasteiger partial charge in [0.2, 0.25) is 5.91 Å². The Labute approximate surface area is 165 Å². The molecule has 1 fully saturated rings. The van der Waals surface area contributed by atoms with Gasteiger partial charge in [0.15, 0.2) is 0 Å². The number of H-pyrrole nitrogens is 1. The van der Waals surface area contributed by atoms with Crippen molar-refractivity contribution in [3.63, 3.8) is 0 Å². The number of nitrogens with zero attached hydrogens (tertiary/aromatic N) is 2. The predicted octanol–water partition coefficient (Wildman–Crippen LogP) is 2.55. The van der Waals surface area contributed by atoms with Crippen molar-refractivity contribution < 1.29 is 9.90 Å². The molecule has 0 spiro atoms. The lowest BCUT2D eigenvalue weighted by molar-refractivity contribution is -0.135. The fourth-order valence-electron chi connectivity index (χ4n) is 3.82. The quantitative estimate of drug-likeness (QED) is 0.725. The van der Waals surface area contributed by atoms with E-state index in [1.807, 2.05) is 17.0 Å². The van der Waals surface area contributed by atoms with E-state index in [-0.39, 0.29) is 36.8 Å². The molecule has 26 heavy (non-hydrogen) atoms. The number of amides is 1. The van der Waals surface area contributed by atoms with Crippen LogP contribution in [0.4, 0.5) is 0 Å². The zero-order chi connectivity index (χ0) is 16.5. The topological polar surface area (TPSA) is 81.2 Å². The molecular weight excluding hydrogens is 375 g/mol. The number of imidazole rings is 1. The Hall–Kier alpha value is -1.76. The Bertz CT molecular complexity index is 744. The van der Waals surface area contributed by atoms with Crippen molar-refractivity contribution in [2.75, 3.05) is 19.6 Å². The number of carbonyl (C=O) groups excluding carboxylic acids is 1. The molecule has 1 aromatic carbocycles. The summed E-state index contributed by atoms with van der Waals surface area (Å²) < 4.78 is 0. The largest absolute Gasteiger partial charge is 0.508 e. The molecule has 0 bridgehead atoms. The van der Waals surface area contributed by atoms with E-state index >= 15 is 0 Å². The van der Waals surface area contributed by atoms with Gasteiger partial charge in [0.25, 0.3) is 0 Å². The average molecular weight is 399 g/mol. The van der Waals surface area contributed by atoms with Crippen LogP contribution in [-0.4, -0.2) is 45.5 Å². The molecule has 3 N–H and O–H groups in total. The van der Waals surface area contributed by atoms with Crippen LogP contribution in [0.2, 0.25) is 0 Å². The molecule has 0 radical (unpaired) electrons. The molecule has 0 saturated carbocycles. The van der Waals surface area contributed by atoms with Crippen molar-refractivity contribution in [3.8, 4) is 5.75 Å². The number of aromatic nitrogens is 2. The minimum absolute atomic E-state index is 0. The second-order valence-corrected chi connectivity index (χ2v) is 6.60. The zero-order valence-corrected chi connectivity index (χ0v) is 16.0. The van der Waals surface area contributed by atoms with E-state index in [0.29, 0.717) is 11.7 Å². The molecule has 3 heterocycles. The minimum atomic E-state index is -0.322. The Kier molecular flexibility index (Phi) is 6.92. The number of rotatable bonds is 2. The lowest BCUT2D eigenvalue weighted by Gasteiger charge is -2.35. The molecule has 1 aromatic heterocycles. The van der Waals surface area contributed by atoms with E-state index in [9.17, 15) is 9.90 Å². The summed E-state index contributed by atoms with van der Waals surface area (Å²) in [5.41, 5.74) is 3.08. The highest BCUT2D eigenvalue weighted by Gasteiger charge is 2.33. The number of carbonyl (C=O) groups is 1. The van der Waals surface area contributed by atoms with E-state index in [4.69, 9.17) is 0 Å². The van der Waals surface area contributed by atoms with Crippen LogP contribution in [0.25, 0.3) is 0 Å². The second-order valence-electron chi connectivity index (χ2n) is 6.60. The van der Waals surface area contributed by atoms with Gasteiger partial charge in [0.1, 0.15) is 11.8 Å². The van der Waals surface area contributed by atoms with E-state index in [1.165, 1.54) is 0 Å². The van der Waals surface area contributed by atoms with Gasteiger partial charge in [-0.05, 0) is 36.5 Å². The molecule has 8 heteroatoms. The maximum atomic E-state index is 12.9. The molecule has 142 valence electrons. The van der Waals surface area contributed by atoms with Crippen LogP contribution in [0.3, 0.4) is 0 Å². The molecule has 0 aliphatic carbocycles. The normalized spacial score (nSPS) is 19.8. The second kappa shape index (κ2) is 8.75. The van der Waals surface area contributed by atoms with Gasteiger partial charge >= 0.3 is 0 Å². The van der Waals surface area contributed by atoms with E-state index in [0.717, 1.165) is 55.8 Å². The third kappa shape index (κ3) is 3.98. The highest BCUT2D eigenvalue weighted by molar-refractivity contribution is 5.85. The lowest BCUT2D eigenvalue weighted by atomic mass is 9.89. The molecule has 6 nitrogen and oxygen atoms in total. The summed E-state index contributed by atoms with van der Waals surface area (Å²) in [4.78, 5) is 22.3. The van der Waals surface area contributed by atoms with Crippen LogP contribution in [-0.2, 0) is 11.2 Å². The number of fused-ring (bicyclic) bond motifs is 1. The lowest BCUT2D eigenvalue weighted by Crippen LogP contribution is -2.46. The first-order valence-electron chi connectivity index (χ1n) is 8.55. The van der Waals surface area contributed by atoms with Crippen LogP contribution in [0.1, 0.15) is 41.8 Å². The van der Waals surface area contributed by atoms with Crippen LogP contribution in [0.15, 0.2) is 30.6 Å². The Morgan fingerprint density at radius 3 is 2.73 bits per heavy atom. The summed E-state index contributed by atoms with van der Waals surface area (Å²) in [6.45, 7) is 2.29. The van der Waals surface area contributed by atoms with Crippen LogP contribution < -0.4 is 5.32 Å².